The second kappa shape index (κ2) is 4.94. The van der Waals surface area contributed by atoms with Crippen molar-refractivity contribution in [3.63, 3.8) is 0 Å². The van der Waals surface area contributed by atoms with Gasteiger partial charge in [-0.05, 0) is 31.5 Å². The molecular formula is C15H15N3O2. The van der Waals surface area contributed by atoms with Crippen LogP contribution in [0, 0.1) is 13.8 Å². The minimum atomic E-state index is -0.00756. The molecule has 0 saturated carbocycles. The lowest BCUT2D eigenvalue weighted by Gasteiger charge is -2.10. The number of pyridine rings is 1. The zero-order chi connectivity index (χ0) is 14.1. The van der Waals surface area contributed by atoms with Crippen molar-refractivity contribution in [3.05, 3.63) is 47.3 Å². The largest absolute Gasteiger partial charge is 0.392 e. The van der Waals surface area contributed by atoms with E-state index in [1.165, 1.54) is 0 Å². The van der Waals surface area contributed by atoms with Crippen molar-refractivity contribution in [3.8, 4) is 0 Å². The first kappa shape index (κ1) is 12.6. The van der Waals surface area contributed by atoms with E-state index in [0.717, 1.165) is 33.6 Å². The second-order valence-electron chi connectivity index (χ2n) is 4.73. The number of aryl methyl sites for hydroxylation is 2. The molecule has 5 heteroatoms. The lowest BCUT2D eigenvalue weighted by Crippen LogP contribution is -1.97. The fourth-order valence-electron chi connectivity index (χ4n) is 2.26. The highest BCUT2D eigenvalue weighted by Crippen LogP contribution is 2.27. The van der Waals surface area contributed by atoms with E-state index in [1.807, 2.05) is 44.2 Å². The first-order valence-electron chi connectivity index (χ1n) is 6.38. The molecule has 2 N–H and O–H groups in total. The lowest BCUT2D eigenvalue weighted by molar-refractivity contribution is 0.283. The Hall–Kier alpha value is -2.40. The average Bonchev–Trinajstić information content (AvgIpc) is 2.84. The lowest BCUT2D eigenvalue weighted by atomic mass is 10.1. The minimum absolute atomic E-state index is 0.00756. The molecule has 2 aromatic heterocycles. The number of aliphatic hydroxyl groups excluding tert-OH is 1. The predicted molar refractivity (Wildman–Crippen MR) is 76.9 cm³/mol. The summed E-state index contributed by atoms with van der Waals surface area (Å²) in [6, 6.07) is 9.52. The highest BCUT2D eigenvalue weighted by Gasteiger charge is 2.09. The number of nitrogens with one attached hydrogen (secondary N) is 1. The first-order valence-corrected chi connectivity index (χ1v) is 6.38. The Bertz CT molecular complexity index is 765. The number of nitrogens with zero attached hydrogens (tertiary/aromatic N) is 2. The van der Waals surface area contributed by atoms with Gasteiger partial charge in [0.1, 0.15) is 5.76 Å². The molecule has 0 radical (unpaired) electrons. The van der Waals surface area contributed by atoms with E-state index in [1.54, 1.807) is 0 Å². The van der Waals surface area contributed by atoms with Gasteiger partial charge in [0, 0.05) is 17.1 Å². The van der Waals surface area contributed by atoms with Gasteiger partial charge in [-0.1, -0.05) is 17.3 Å². The summed E-state index contributed by atoms with van der Waals surface area (Å²) < 4.78 is 5.04. The number of fused-ring (bicyclic) bond motifs is 1. The average molecular weight is 269 g/mol. The molecule has 0 atom stereocenters. The fourth-order valence-corrected chi connectivity index (χ4v) is 2.26. The number of rotatable bonds is 3. The van der Waals surface area contributed by atoms with Crippen molar-refractivity contribution >= 4 is 22.4 Å². The molecule has 3 aromatic rings. The third-order valence-electron chi connectivity index (χ3n) is 3.11. The molecule has 1 aromatic carbocycles. The molecule has 2 heterocycles. The Labute approximate surface area is 116 Å². The van der Waals surface area contributed by atoms with Crippen LogP contribution in [0.1, 0.15) is 17.0 Å². The highest BCUT2D eigenvalue weighted by molar-refractivity contribution is 5.94. The van der Waals surface area contributed by atoms with Crippen LogP contribution in [0.3, 0.4) is 0 Å². The summed E-state index contributed by atoms with van der Waals surface area (Å²) in [5.41, 5.74) is 3.39. The summed E-state index contributed by atoms with van der Waals surface area (Å²) >= 11 is 0. The maximum absolute atomic E-state index is 9.47. The van der Waals surface area contributed by atoms with Gasteiger partial charge in [0.25, 0.3) is 0 Å². The van der Waals surface area contributed by atoms with Gasteiger partial charge in [-0.15, -0.1) is 0 Å². The molecule has 0 amide bonds. The van der Waals surface area contributed by atoms with Crippen LogP contribution in [-0.4, -0.2) is 15.2 Å². The van der Waals surface area contributed by atoms with Crippen molar-refractivity contribution in [2.45, 2.75) is 20.5 Å². The van der Waals surface area contributed by atoms with E-state index in [9.17, 15) is 5.11 Å². The summed E-state index contributed by atoms with van der Waals surface area (Å²) in [4.78, 5) is 4.56. The van der Waals surface area contributed by atoms with Crippen molar-refractivity contribution in [2.75, 3.05) is 5.32 Å². The van der Waals surface area contributed by atoms with Gasteiger partial charge in [-0.3, -0.25) is 4.98 Å². The number of anilines is 2. The molecule has 3 rings (SSSR count). The Kier molecular flexibility index (Phi) is 3.12. The maximum Gasteiger partial charge on any atom is 0.174 e. The summed E-state index contributed by atoms with van der Waals surface area (Å²) in [7, 11) is 0. The van der Waals surface area contributed by atoms with Gasteiger partial charge in [0.2, 0.25) is 0 Å². The van der Waals surface area contributed by atoms with Crippen LogP contribution in [0.2, 0.25) is 0 Å². The van der Waals surface area contributed by atoms with E-state index in [4.69, 9.17) is 4.52 Å². The molecule has 102 valence electrons. The molecule has 0 spiro atoms. The van der Waals surface area contributed by atoms with Crippen molar-refractivity contribution < 1.29 is 9.63 Å². The van der Waals surface area contributed by atoms with Gasteiger partial charge in [-0.25, -0.2) is 0 Å². The molecule has 20 heavy (non-hydrogen) atoms. The third-order valence-corrected chi connectivity index (χ3v) is 3.11. The normalized spacial score (nSPS) is 10.9. The Balaban J connectivity index is 2.13. The fraction of sp³-hybridized carbons (Fsp3) is 0.200. The Morgan fingerprint density at radius 2 is 2.10 bits per heavy atom. The van der Waals surface area contributed by atoms with Crippen LogP contribution < -0.4 is 5.32 Å². The standard InChI is InChI=1S/C15H15N3O2/c1-9-6-11(8-19)12-4-3-5-13(15(12)16-9)17-14-7-10(2)20-18-14/h3-7,19H,8H2,1-2H3,(H,17,18). The number of aromatic nitrogens is 2. The van der Waals surface area contributed by atoms with Crippen LogP contribution in [0.5, 0.6) is 0 Å². The van der Waals surface area contributed by atoms with Crippen LogP contribution in [0.25, 0.3) is 10.9 Å². The molecule has 0 aliphatic heterocycles. The molecule has 0 fully saturated rings. The summed E-state index contributed by atoms with van der Waals surface area (Å²) in [6.45, 7) is 3.75. The summed E-state index contributed by atoms with van der Waals surface area (Å²) in [5.74, 6) is 1.39. The smallest absolute Gasteiger partial charge is 0.174 e. The number of hydrogen-bond acceptors (Lipinski definition) is 5. The number of aliphatic hydroxyl groups is 1. The topological polar surface area (TPSA) is 71.2 Å². The highest BCUT2D eigenvalue weighted by atomic mass is 16.5. The second-order valence-corrected chi connectivity index (χ2v) is 4.73. The zero-order valence-electron chi connectivity index (χ0n) is 11.3. The zero-order valence-corrected chi connectivity index (χ0v) is 11.3. The maximum atomic E-state index is 9.47. The van der Waals surface area contributed by atoms with Crippen molar-refractivity contribution in [1.82, 2.24) is 10.1 Å². The van der Waals surface area contributed by atoms with E-state index in [0.29, 0.717) is 5.82 Å². The molecular weight excluding hydrogens is 254 g/mol. The van der Waals surface area contributed by atoms with Crippen molar-refractivity contribution in [2.24, 2.45) is 0 Å². The molecule has 0 bridgehead atoms. The van der Waals surface area contributed by atoms with Crippen LogP contribution in [0.15, 0.2) is 34.9 Å². The van der Waals surface area contributed by atoms with Gasteiger partial charge < -0.3 is 14.9 Å². The number of para-hydroxylation sites is 1. The number of hydrogen-bond donors (Lipinski definition) is 2. The van der Waals surface area contributed by atoms with E-state index < -0.39 is 0 Å². The van der Waals surface area contributed by atoms with Crippen LogP contribution in [-0.2, 0) is 6.61 Å². The quantitative estimate of drug-likeness (QED) is 0.764. The molecule has 0 aliphatic carbocycles. The third kappa shape index (κ3) is 2.23. The van der Waals surface area contributed by atoms with Gasteiger partial charge >= 0.3 is 0 Å². The molecule has 0 unspecified atom stereocenters. The SMILES string of the molecule is Cc1cc(CO)c2cccc(Nc3cc(C)on3)c2n1. The number of benzene rings is 1. The van der Waals surface area contributed by atoms with Crippen molar-refractivity contribution in [1.29, 1.82) is 0 Å². The summed E-state index contributed by atoms with van der Waals surface area (Å²) in [5, 5.41) is 17.5. The monoisotopic (exact) mass is 269 g/mol. The first-order chi connectivity index (χ1) is 9.67. The van der Waals surface area contributed by atoms with Crippen LogP contribution >= 0.6 is 0 Å². The predicted octanol–water partition coefficient (Wildman–Crippen LogP) is 3.08. The summed E-state index contributed by atoms with van der Waals surface area (Å²) in [6.07, 6.45) is 0. The van der Waals surface area contributed by atoms with E-state index in [-0.39, 0.29) is 6.61 Å². The van der Waals surface area contributed by atoms with Crippen LogP contribution in [0.4, 0.5) is 11.5 Å². The Morgan fingerprint density at radius 1 is 1.25 bits per heavy atom. The van der Waals surface area contributed by atoms with Gasteiger partial charge in [0.15, 0.2) is 5.82 Å². The molecule has 0 aliphatic rings. The Morgan fingerprint density at radius 3 is 2.80 bits per heavy atom. The van der Waals surface area contributed by atoms with Gasteiger partial charge in [-0.2, -0.15) is 0 Å². The van der Waals surface area contributed by atoms with E-state index >= 15 is 0 Å². The minimum Gasteiger partial charge on any atom is -0.392 e. The van der Waals surface area contributed by atoms with Gasteiger partial charge in [0.05, 0.1) is 17.8 Å². The molecule has 0 saturated heterocycles. The molecule has 5 nitrogen and oxygen atoms in total. The van der Waals surface area contributed by atoms with E-state index in [2.05, 4.69) is 15.5 Å².